The second-order valence-electron chi connectivity index (χ2n) is 6.66. The Morgan fingerprint density at radius 2 is 1.76 bits per heavy atom. The van der Waals surface area contributed by atoms with E-state index < -0.39 is 0 Å². The molecule has 0 atom stereocenters. The normalized spacial score (nSPS) is 14.1. The first-order chi connectivity index (χ1) is 14.0. The molecule has 29 heavy (non-hydrogen) atoms. The second-order valence-corrected chi connectivity index (χ2v) is 8.04. The van der Waals surface area contributed by atoms with Gasteiger partial charge in [-0.2, -0.15) is 0 Å². The van der Waals surface area contributed by atoms with Gasteiger partial charge in [-0.1, -0.05) is 35.9 Å². The molecule has 4 nitrogen and oxygen atoms in total. The van der Waals surface area contributed by atoms with Crippen LogP contribution in [0, 0.1) is 6.92 Å². The number of aryl methyl sites for hydroxylation is 1. The largest absolute Gasteiger partial charge is 0.337 e. The van der Waals surface area contributed by atoms with Crippen molar-refractivity contribution in [3.05, 3.63) is 87.2 Å². The molecule has 4 rings (SSSR count). The standard InChI is InChI=1S/C23H19ClN2O2S/c1-3-25(17-8-5-4-6-9-17)21-20(19-10-7-13-29-19)22(27)26(23(21)28)18-12-11-16(24)14-15(18)2/h4-14H,3H2,1-2H3. The van der Waals surface area contributed by atoms with E-state index in [0.717, 1.165) is 16.1 Å². The molecule has 1 aromatic heterocycles. The van der Waals surface area contributed by atoms with Crippen LogP contribution < -0.4 is 9.80 Å². The zero-order chi connectivity index (χ0) is 20.5. The van der Waals surface area contributed by atoms with Crippen LogP contribution in [-0.4, -0.2) is 18.4 Å². The lowest BCUT2D eigenvalue weighted by Gasteiger charge is -2.25. The van der Waals surface area contributed by atoms with Crippen molar-refractivity contribution >= 4 is 51.7 Å². The number of amides is 2. The topological polar surface area (TPSA) is 40.6 Å². The zero-order valence-corrected chi connectivity index (χ0v) is 17.6. The van der Waals surface area contributed by atoms with Crippen molar-refractivity contribution in [2.75, 3.05) is 16.3 Å². The van der Waals surface area contributed by atoms with E-state index in [1.165, 1.54) is 16.2 Å². The van der Waals surface area contributed by atoms with E-state index in [9.17, 15) is 9.59 Å². The van der Waals surface area contributed by atoms with Crippen LogP contribution in [0.25, 0.3) is 5.57 Å². The van der Waals surface area contributed by atoms with Gasteiger partial charge in [0.1, 0.15) is 5.70 Å². The smallest absolute Gasteiger partial charge is 0.282 e. The van der Waals surface area contributed by atoms with Crippen molar-refractivity contribution in [1.82, 2.24) is 0 Å². The highest BCUT2D eigenvalue weighted by Gasteiger charge is 2.43. The average Bonchev–Trinajstić information content (AvgIpc) is 3.32. The van der Waals surface area contributed by atoms with Crippen LogP contribution in [0.1, 0.15) is 17.4 Å². The van der Waals surface area contributed by atoms with Crippen LogP contribution in [0.2, 0.25) is 5.02 Å². The van der Waals surface area contributed by atoms with Crippen molar-refractivity contribution in [3.63, 3.8) is 0 Å². The van der Waals surface area contributed by atoms with Crippen LogP contribution in [0.15, 0.2) is 71.7 Å². The van der Waals surface area contributed by atoms with Gasteiger partial charge < -0.3 is 4.90 Å². The SMILES string of the molecule is CCN(C1=C(c2cccs2)C(=O)N(c2ccc(Cl)cc2C)C1=O)c1ccccc1. The number of hydrogen-bond donors (Lipinski definition) is 0. The maximum absolute atomic E-state index is 13.6. The van der Waals surface area contributed by atoms with Crippen molar-refractivity contribution in [2.45, 2.75) is 13.8 Å². The summed E-state index contributed by atoms with van der Waals surface area (Å²) < 4.78 is 0. The Kier molecular flexibility index (Phi) is 5.26. The number of hydrogen-bond acceptors (Lipinski definition) is 4. The van der Waals surface area contributed by atoms with Crippen LogP contribution >= 0.6 is 22.9 Å². The molecule has 2 heterocycles. The van der Waals surface area contributed by atoms with Crippen molar-refractivity contribution in [1.29, 1.82) is 0 Å². The molecule has 1 aliphatic rings. The number of benzene rings is 2. The molecule has 146 valence electrons. The summed E-state index contributed by atoms with van der Waals surface area (Å²) in [6, 6.07) is 18.6. The molecular weight excluding hydrogens is 404 g/mol. The predicted molar refractivity (Wildman–Crippen MR) is 119 cm³/mol. The zero-order valence-electron chi connectivity index (χ0n) is 16.1. The number of nitrogens with zero attached hydrogens (tertiary/aromatic N) is 2. The molecule has 0 aliphatic carbocycles. The number of anilines is 2. The summed E-state index contributed by atoms with van der Waals surface area (Å²) in [5.74, 6) is -0.637. The molecule has 0 spiro atoms. The molecule has 0 saturated carbocycles. The fourth-order valence-electron chi connectivity index (χ4n) is 3.58. The molecule has 0 saturated heterocycles. The van der Waals surface area contributed by atoms with Gasteiger partial charge in [-0.25, -0.2) is 4.90 Å². The predicted octanol–water partition coefficient (Wildman–Crippen LogP) is 5.52. The Bertz CT molecular complexity index is 1110. The van der Waals surface area contributed by atoms with E-state index in [2.05, 4.69) is 0 Å². The highest BCUT2D eigenvalue weighted by atomic mass is 35.5. The van der Waals surface area contributed by atoms with Gasteiger partial charge in [-0.15, -0.1) is 11.3 Å². The average molecular weight is 423 g/mol. The molecule has 2 amide bonds. The Balaban J connectivity index is 1.90. The lowest BCUT2D eigenvalue weighted by molar-refractivity contribution is -0.120. The lowest BCUT2D eigenvalue weighted by Crippen LogP contribution is -2.35. The first-order valence-corrected chi connectivity index (χ1v) is 10.5. The number of carbonyl (C=O) groups is 2. The lowest BCUT2D eigenvalue weighted by atomic mass is 10.1. The van der Waals surface area contributed by atoms with Gasteiger partial charge in [0.2, 0.25) is 0 Å². The Morgan fingerprint density at radius 1 is 1.00 bits per heavy atom. The van der Waals surface area contributed by atoms with Crippen molar-refractivity contribution in [3.8, 4) is 0 Å². The van der Waals surface area contributed by atoms with Crippen LogP contribution in [0.5, 0.6) is 0 Å². The summed E-state index contributed by atoms with van der Waals surface area (Å²) in [6.07, 6.45) is 0. The summed E-state index contributed by atoms with van der Waals surface area (Å²) in [7, 11) is 0. The van der Waals surface area contributed by atoms with Gasteiger partial charge in [0.25, 0.3) is 11.8 Å². The number of rotatable bonds is 5. The Morgan fingerprint density at radius 3 is 2.38 bits per heavy atom. The van der Waals surface area contributed by atoms with E-state index in [0.29, 0.717) is 28.5 Å². The van der Waals surface area contributed by atoms with E-state index in [1.807, 2.05) is 66.6 Å². The molecule has 0 fully saturated rings. The number of likely N-dealkylation sites (N-methyl/N-ethyl adjacent to an activating group) is 1. The fourth-order valence-corrected chi connectivity index (χ4v) is 4.57. The number of para-hydroxylation sites is 1. The first-order valence-electron chi connectivity index (χ1n) is 9.28. The molecular formula is C23H19ClN2O2S. The van der Waals surface area contributed by atoms with Gasteiger partial charge >= 0.3 is 0 Å². The number of imide groups is 1. The highest BCUT2D eigenvalue weighted by Crippen LogP contribution is 2.39. The van der Waals surface area contributed by atoms with E-state index in [4.69, 9.17) is 11.6 Å². The van der Waals surface area contributed by atoms with E-state index in [-0.39, 0.29) is 11.8 Å². The maximum atomic E-state index is 13.6. The number of thiophene rings is 1. The number of halogens is 1. The minimum atomic E-state index is -0.325. The summed E-state index contributed by atoms with van der Waals surface area (Å²) in [5, 5.41) is 2.48. The minimum absolute atomic E-state index is 0.313. The summed E-state index contributed by atoms with van der Waals surface area (Å²) in [5.41, 5.74) is 3.03. The van der Waals surface area contributed by atoms with E-state index >= 15 is 0 Å². The molecule has 3 aromatic rings. The quantitative estimate of drug-likeness (QED) is 0.508. The van der Waals surface area contributed by atoms with Crippen molar-refractivity contribution < 1.29 is 9.59 Å². The molecule has 1 aliphatic heterocycles. The highest BCUT2D eigenvalue weighted by molar-refractivity contribution is 7.11. The van der Waals surface area contributed by atoms with E-state index in [1.54, 1.807) is 18.2 Å². The van der Waals surface area contributed by atoms with Crippen LogP contribution in [0.4, 0.5) is 11.4 Å². The molecule has 6 heteroatoms. The van der Waals surface area contributed by atoms with Gasteiger partial charge in [-0.3, -0.25) is 9.59 Å². The maximum Gasteiger partial charge on any atom is 0.282 e. The first kappa shape index (κ1) is 19.4. The monoisotopic (exact) mass is 422 g/mol. The molecule has 2 aromatic carbocycles. The Hall–Kier alpha value is -2.89. The van der Waals surface area contributed by atoms with Crippen LogP contribution in [-0.2, 0) is 9.59 Å². The molecule has 0 N–H and O–H groups in total. The fraction of sp³-hybridized carbons (Fsp3) is 0.130. The second kappa shape index (κ2) is 7.85. The van der Waals surface area contributed by atoms with Gasteiger partial charge in [0, 0.05) is 22.1 Å². The number of carbonyl (C=O) groups excluding carboxylic acids is 2. The summed E-state index contributed by atoms with van der Waals surface area (Å²) in [6.45, 7) is 4.38. The van der Waals surface area contributed by atoms with Gasteiger partial charge in [0.05, 0.1) is 11.3 Å². The van der Waals surface area contributed by atoms with Crippen molar-refractivity contribution in [2.24, 2.45) is 0 Å². The van der Waals surface area contributed by atoms with Crippen LogP contribution in [0.3, 0.4) is 0 Å². The van der Waals surface area contributed by atoms with Gasteiger partial charge in [-0.05, 0) is 61.2 Å². The third kappa shape index (κ3) is 3.37. The Labute approximate surface area is 178 Å². The minimum Gasteiger partial charge on any atom is -0.337 e. The third-order valence-electron chi connectivity index (χ3n) is 4.88. The molecule has 0 unspecified atom stereocenters. The summed E-state index contributed by atoms with van der Waals surface area (Å²) in [4.78, 5) is 31.1. The van der Waals surface area contributed by atoms with Gasteiger partial charge in [0.15, 0.2) is 0 Å². The third-order valence-corrected chi connectivity index (χ3v) is 6.00. The summed E-state index contributed by atoms with van der Waals surface area (Å²) >= 11 is 7.53. The molecule has 0 bridgehead atoms. The molecule has 0 radical (unpaired) electrons.